The molecule has 1 aromatic carbocycles. The van der Waals surface area contributed by atoms with Gasteiger partial charge in [0, 0.05) is 11.6 Å². The summed E-state index contributed by atoms with van der Waals surface area (Å²) in [7, 11) is 0. The first-order valence-electron chi connectivity index (χ1n) is 7.12. The number of carbonyl (C=O) groups excluding carboxylic acids is 1. The number of anilines is 1. The number of hydrogen-bond donors (Lipinski definition) is 2. The monoisotopic (exact) mass is 287 g/mol. The first kappa shape index (κ1) is 12.3. The summed E-state index contributed by atoms with van der Waals surface area (Å²) >= 11 is 1.62. The largest absolute Gasteiger partial charge is 0.326 e. The standard InChI is InChI=1S/C15H17N3OS/c19-14(11-8-15(11)3-5-16-6-4-15)18-10-1-2-13-12(7-10)17-9-20-13/h1-2,7,9,11,16H,3-6,8H2,(H,18,19). The van der Waals surface area contributed by atoms with Crippen LogP contribution in [0.3, 0.4) is 0 Å². The van der Waals surface area contributed by atoms with Crippen molar-refractivity contribution in [2.24, 2.45) is 11.3 Å². The van der Waals surface area contributed by atoms with Crippen molar-refractivity contribution in [2.45, 2.75) is 19.3 Å². The highest BCUT2D eigenvalue weighted by molar-refractivity contribution is 7.16. The Labute approximate surface area is 121 Å². The highest BCUT2D eigenvalue weighted by atomic mass is 32.1. The Morgan fingerprint density at radius 3 is 3.10 bits per heavy atom. The zero-order chi connectivity index (χ0) is 13.6. The lowest BCUT2D eigenvalue weighted by atomic mass is 9.92. The van der Waals surface area contributed by atoms with Crippen molar-refractivity contribution in [1.82, 2.24) is 10.3 Å². The molecule has 20 heavy (non-hydrogen) atoms. The molecule has 1 aliphatic carbocycles. The molecule has 1 saturated carbocycles. The molecule has 0 bridgehead atoms. The number of amides is 1. The molecule has 4 nitrogen and oxygen atoms in total. The Kier molecular flexibility index (Phi) is 2.79. The van der Waals surface area contributed by atoms with Crippen LogP contribution >= 0.6 is 11.3 Å². The van der Waals surface area contributed by atoms with E-state index in [2.05, 4.69) is 15.6 Å². The van der Waals surface area contributed by atoms with E-state index in [9.17, 15) is 4.79 Å². The van der Waals surface area contributed by atoms with E-state index in [-0.39, 0.29) is 11.8 Å². The molecule has 1 spiro atoms. The summed E-state index contributed by atoms with van der Waals surface area (Å²) < 4.78 is 1.16. The molecule has 1 amide bonds. The van der Waals surface area contributed by atoms with Gasteiger partial charge in [-0.15, -0.1) is 11.3 Å². The first-order valence-corrected chi connectivity index (χ1v) is 8.00. The Balaban J connectivity index is 1.47. The first-order chi connectivity index (χ1) is 9.77. The molecule has 1 aliphatic heterocycles. The van der Waals surface area contributed by atoms with Crippen LogP contribution in [0.1, 0.15) is 19.3 Å². The van der Waals surface area contributed by atoms with Gasteiger partial charge in [0.1, 0.15) is 0 Å². The Morgan fingerprint density at radius 2 is 2.25 bits per heavy atom. The smallest absolute Gasteiger partial charge is 0.228 e. The molecule has 104 valence electrons. The van der Waals surface area contributed by atoms with Crippen LogP contribution in [0.15, 0.2) is 23.7 Å². The van der Waals surface area contributed by atoms with Crippen molar-refractivity contribution in [2.75, 3.05) is 18.4 Å². The molecule has 1 aromatic heterocycles. The van der Waals surface area contributed by atoms with Gasteiger partial charge in [0.25, 0.3) is 0 Å². The normalized spacial score (nSPS) is 23.9. The quantitative estimate of drug-likeness (QED) is 0.892. The summed E-state index contributed by atoms with van der Waals surface area (Å²) in [6, 6.07) is 5.95. The second kappa shape index (κ2) is 4.53. The predicted molar refractivity (Wildman–Crippen MR) is 80.9 cm³/mol. The van der Waals surface area contributed by atoms with E-state index < -0.39 is 0 Å². The lowest BCUT2D eigenvalue weighted by molar-refractivity contribution is -0.118. The highest BCUT2D eigenvalue weighted by Gasteiger charge is 2.57. The Hall–Kier alpha value is -1.46. The number of piperidine rings is 1. The van der Waals surface area contributed by atoms with Crippen LogP contribution in [0, 0.1) is 11.3 Å². The Morgan fingerprint density at radius 1 is 1.40 bits per heavy atom. The van der Waals surface area contributed by atoms with Crippen LogP contribution < -0.4 is 10.6 Å². The minimum atomic E-state index is 0.182. The summed E-state index contributed by atoms with van der Waals surface area (Å²) in [4.78, 5) is 16.7. The lowest BCUT2D eigenvalue weighted by Crippen LogP contribution is -2.31. The molecular formula is C15H17N3OS. The van der Waals surface area contributed by atoms with E-state index in [1.54, 1.807) is 11.3 Å². The van der Waals surface area contributed by atoms with Crippen LogP contribution in [0.5, 0.6) is 0 Å². The van der Waals surface area contributed by atoms with Crippen LogP contribution in [0.25, 0.3) is 10.2 Å². The molecule has 2 aliphatic rings. The maximum atomic E-state index is 12.4. The zero-order valence-corrected chi connectivity index (χ0v) is 12.0. The second-order valence-corrected chi connectivity index (χ2v) is 6.78. The van der Waals surface area contributed by atoms with Crippen LogP contribution in [-0.2, 0) is 4.79 Å². The van der Waals surface area contributed by atoms with Gasteiger partial charge >= 0.3 is 0 Å². The Bertz CT molecular complexity index is 660. The third kappa shape index (κ3) is 2.01. The molecule has 2 aromatic rings. The third-order valence-electron chi connectivity index (χ3n) is 4.70. The molecule has 2 N–H and O–H groups in total. The maximum Gasteiger partial charge on any atom is 0.228 e. The topological polar surface area (TPSA) is 54.0 Å². The van der Waals surface area contributed by atoms with E-state index >= 15 is 0 Å². The van der Waals surface area contributed by atoms with Crippen LogP contribution in [0.4, 0.5) is 5.69 Å². The number of nitrogens with zero attached hydrogens (tertiary/aromatic N) is 1. The maximum absolute atomic E-state index is 12.4. The van der Waals surface area contributed by atoms with Crippen molar-refractivity contribution < 1.29 is 4.79 Å². The van der Waals surface area contributed by atoms with Gasteiger partial charge in [-0.1, -0.05) is 0 Å². The van der Waals surface area contributed by atoms with E-state index in [0.717, 1.165) is 48.3 Å². The minimum Gasteiger partial charge on any atom is -0.326 e. The predicted octanol–water partition coefficient (Wildman–Crippen LogP) is 2.62. The molecular weight excluding hydrogens is 270 g/mol. The molecule has 2 fully saturated rings. The number of hydrogen-bond acceptors (Lipinski definition) is 4. The van der Waals surface area contributed by atoms with Gasteiger partial charge in [-0.25, -0.2) is 4.98 Å². The molecule has 4 rings (SSSR count). The number of aromatic nitrogens is 1. The van der Waals surface area contributed by atoms with Gasteiger partial charge in [0.05, 0.1) is 15.7 Å². The molecule has 0 radical (unpaired) electrons. The molecule has 1 atom stereocenters. The van der Waals surface area contributed by atoms with E-state index in [1.165, 1.54) is 0 Å². The second-order valence-electron chi connectivity index (χ2n) is 5.89. The zero-order valence-electron chi connectivity index (χ0n) is 11.2. The highest BCUT2D eigenvalue weighted by Crippen LogP contribution is 2.58. The number of carbonyl (C=O) groups is 1. The fourth-order valence-corrected chi connectivity index (χ4v) is 4.02. The number of rotatable bonds is 2. The summed E-state index contributed by atoms with van der Waals surface area (Å²) in [5, 5.41) is 6.43. The average molecular weight is 287 g/mol. The average Bonchev–Trinajstić information content (AvgIpc) is 2.96. The van der Waals surface area contributed by atoms with Crippen molar-refractivity contribution >= 4 is 33.1 Å². The number of thiazole rings is 1. The summed E-state index contributed by atoms with van der Waals surface area (Å²) in [5.41, 5.74) is 3.95. The summed E-state index contributed by atoms with van der Waals surface area (Å²) in [6.45, 7) is 2.10. The van der Waals surface area contributed by atoms with Crippen molar-refractivity contribution in [1.29, 1.82) is 0 Å². The van der Waals surface area contributed by atoms with Crippen molar-refractivity contribution in [3.8, 4) is 0 Å². The number of benzene rings is 1. The van der Waals surface area contributed by atoms with Crippen molar-refractivity contribution in [3.63, 3.8) is 0 Å². The number of nitrogens with one attached hydrogen (secondary N) is 2. The summed E-state index contributed by atoms with van der Waals surface area (Å²) in [5.74, 6) is 0.386. The van der Waals surface area contributed by atoms with Crippen LogP contribution in [-0.4, -0.2) is 24.0 Å². The van der Waals surface area contributed by atoms with Crippen LogP contribution in [0.2, 0.25) is 0 Å². The molecule has 5 heteroatoms. The van der Waals surface area contributed by atoms with E-state index in [1.807, 2.05) is 23.7 Å². The lowest BCUT2D eigenvalue weighted by Gasteiger charge is -2.23. The van der Waals surface area contributed by atoms with Gasteiger partial charge < -0.3 is 10.6 Å². The molecule has 1 saturated heterocycles. The van der Waals surface area contributed by atoms with Gasteiger partial charge in [0.15, 0.2) is 0 Å². The van der Waals surface area contributed by atoms with Gasteiger partial charge in [-0.05, 0) is 56.0 Å². The fraction of sp³-hybridized carbons (Fsp3) is 0.467. The van der Waals surface area contributed by atoms with Gasteiger partial charge in [-0.3, -0.25) is 4.79 Å². The third-order valence-corrected chi connectivity index (χ3v) is 5.51. The molecule has 2 heterocycles. The summed E-state index contributed by atoms with van der Waals surface area (Å²) in [6.07, 6.45) is 3.33. The van der Waals surface area contributed by atoms with E-state index in [4.69, 9.17) is 0 Å². The van der Waals surface area contributed by atoms with Crippen molar-refractivity contribution in [3.05, 3.63) is 23.7 Å². The number of fused-ring (bicyclic) bond motifs is 1. The van der Waals surface area contributed by atoms with Gasteiger partial charge in [-0.2, -0.15) is 0 Å². The molecule has 1 unspecified atom stereocenters. The SMILES string of the molecule is O=C(Nc1ccc2scnc2c1)C1CC12CCNCC2. The fourth-order valence-electron chi connectivity index (χ4n) is 3.36. The van der Waals surface area contributed by atoms with E-state index in [0.29, 0.717) is 5.41 Å². The minimum absolute atomic E-state index is 0.182. The van der Waals surface area contributed by atoms with Gasteiger partial charge in [0.2, 0.25) is 5.91 Å².